The Kier molecular flexibility index (Phi) is 7.57. The summed E-state index contributed by atoms with van der Waals surface area (Å²) in [6.07, 6.45) is 1.38. The molecule has 34 heavy (non-hydrogen) atoms. The van der Waals surface area contributed by atoms with Crippen molar-refractivity contribution in [3.05, 3.63) is 106 Å². The van der Waals surface area contributed by atoms with Crippen LogP contribution in [0.5, 0.6) is 11.5 Å². The van der Waals surface area contributed by atoms with Crippen LogP contribution in [0.15, 0.2) is 94.5 Å². The number of hydrazone groups is 1. The van der Waals surface area contributed by atoms with E-state index in [9.17, 15) is 9.59 Å². The Morgan fingerprint density at radius 1 is 0.941 bits per heavy atom. The first kappa shape index (κ1) is 23.5. The molecular formula is C26H18BrClN2O4. The predicted octanol–water partition coefficient (Wildman–Crippen LogP) is 6.00. The number of fused-ring (bicyclic) bond motifs is 1. The number of rotatable bonds is 7. The molecule has 0 unspecified atom stereocenters. The molecule has 0 saturated carbocycles. The topological polar surface area (TPSA) is 77.0 Å². The number of ether oxygens (including phenoxy) is 2. The van der Waals surface area contributed by atoms with Gasteiger partial charge in [-0.25, -0.2) is 10.2 Å². The van der Waals surface area contributed by atoms with Crippen LogP contribution in [0.25, 0.3) is 10.8 Å². The number of nitrogens with zero attached hydrogens (tertiary/aromatic N) is 1. The maximum Gasteiger partial charge on any atom is 0.345 e. The molecule has 0 aliphatic rings. The molecule has 0 spiro atoms. The molecule has 0 bridgehead atoms. The SMILES string of the molecule is O=C(COc1cccc2ccccc12)N/N=C/c1cc(Br)ccc1OC(=O)c1ccccc1Cl. The zero-order valence-electron chi connectivity index (χ0n) is 17.7. The molecule has 0 heterocycles. The van der Waals surface area contributed by atoms with Gasteiger partial charge in [-0.05, 0) is 41.8 Å². The van der Waals surface area contributed by atoms with E-state index in [-0.39, 0.29) is 17.9 Å². The normalized spacial score (nSPS) is 10.9. The van der Waals surface area contributed by atoms with Crippen LogP contribution in [-0.4, -0.2) is 24.7 Å². The van der Waals surface area contributed by atoms with Crippen LogP contribution in [0.3, 0.4) is 0 Å². The average Bonchev–Trinajstić information content (AvgIpc) is 2.84. The molecule has 0 radical (unpaired) electrons. The van der Waals surface area contributed by atoms with Crippen molar-refractivity contribution in [1.29, 1.82) is 0 Å². The minimum Gasteiger partial charge on any atom is -0.483 e. The van der Waals surface area contributed by atoms with Crippen LogP contribution in [0.2, 0.25) is 5.02 Å². The number of carbonyl (C=O) groups excluding carboxylic acids is 2. The lowest BCUT2D eigenvalue weighted by Crippen LogP contribution is -2.24. The Morgan fingerprint density at radius 3 is 2.56 bits per heavy atom. The summed E-state index contributed by atoms with van der Waals surface area (Å²) in [6, 6.07) is 25.1. The zero-order chi connectivity index (χ0) is 23.9. The molecule has 6 nitrogen and oxygen atoms in total. The first-order valence-electron chi connectivity index (χ1n) is 10.2. The molecule has 170 valence electrons. The third kappa shape index (κ3) is 5.81. The molecule has 1 amide bonds. The van der Waals surface area contributed by atoms with E-state index in [1.165, 1.54) is 6.21 Å². The van der Waals surface area contributed by atoms with Gasteiger partial charge < -0.3 is 9.47 Å². The monoisotopic (exact) mass is 536 g/mol. The second-order valence-electron chi connectivity index (χ2n) is 7.11. The van der Waals surface area contributed by atoms with Crippen LogP contribution in [0.4, 0.5) is 0 Å². The van der Waals surface area contributed by atoms with Crippen molar-refractivity contribution in [3.8, 4) is 11.5 Å². The number of nitrogens with one attached hydrogen (secondary N) is 1. The lowest BCUT2D eigenvalue weighted by atomic mass is 10.1. The Morgan fingerprint density at radius 2 is 1.71 bits per heavy atom. The van der Waals surface area contributed by atoms with Gasteiger partial charge in [0.05, 0.1) is 16.8 Å². The lowest BCUT2D eigenvalue weighted by Gasteiger charge is -2.09. The van der Waals surface area contributed by atoms with Crippen LogP contribution in [0, 0.1) is 0 Å². The van der Waals surface area contributed by atoms with Crippen molar-refractivity contribution in [1.82, 2.24) is 5.43 Å². The third-order valence-corrected chi connectivity index (χ3v) is 5.59. The average molecular weight is 538 g/mol. The van der Waals surface area contributed by atoms with Gasteiger partial charge in [-0.3, -0.25) is 4.79 Å². The number of amides is 1. The van der Waals surface area contributed by atoms with Gasteiger partial charge in [-0.2, -0.15) is 5.10 Å². The molecule has 4 aromatic carbocycles. The number of esters is 1. The molecule has 4 aromatic rings. The van der Waals surface area contributed by atoms with Crippen LogP contribution in [-0.2, 0) is 4.79 Å². The number of halogens is 2. The van der Waals surface area contributed by atoms with Crippen molar-refractivity contribution >= 4 is 56.4 Å². The van der Waals surface area contributed by atoms with Gasteiger partial charge in [0.1, 0.15) is 11.5 Å². The molecule has 8 heteroatoms. The van der Waals surface area contributed by atoms with Gasteiger partial charge in [0.25, 0.3) is 5.91 Å². The van der Waals surface area contributed by atoms with Gasteiger partial charge in [0, 0.05) is 15.4 Å². The largest absolute Gasteiger partial charge is 0.483 e. The third-order valence-electron chi connectivity index (χ3n) is 4.77. The Balaban J connectivity index is 1.40. The number of hydrogen-bond acceptors (Lipinski definition) is 5. The van der Waals surface area contributed by atoms with E-state index < -0.39 is 11.9 Å². The highest BCUT2D eigenvalue weighted by Gasteiger charge is 2.14. The summed E-state index contributed by atoms with van der Waals surface area (Å²) >= 11 is 9.46. The van der Waals surface area contributed by atoms with Gasteiger partial charge >= 0.3 is 5.97 Å². The molecule has 0 aliphatic heterocycles. The van der Waals surface area contributed by atoms with Gasteiger partial charge in [0.2, 0.25) is 0 Å². The van der Waals surface area contributed by atoms with E-state index in [4.69, 9.17) is 21.1 Å². The molecule has 0 aromatic heterocycles. The first-order chi connectivity index (χ1) is 16.5. The molecule has 0 aliphatic carbocycles. The number of carbonyl (C=O) groups is 2. The lowest BCUT2D eigenvalue weighted by molar-refractivity contribution is -0.123. The van der Waals surface area contributed by atoms with Crippen LogP contribution in [0.1, 0.15) is 15.9 Å². The van der Waals surface area contributed by atoms with Crippen molar-refractivity contribution in [2.45, 2.75) is 0 Å². The van der Waals surface area contributed by atoms with Gasteiger partial charge in [-0.1, -0.05) is 76.1 Å². The number of benzene rings is 4. The smallest absolute Gasteiger partial charge is 0.345 e. The Hall–Kier alpha value is -3.68. The van der Waals surface area contributed by atoms with Gasteiger partial charge in [0.15, 0.2) is 6.61 Å². The predicted molar refractivity (Wildman–Crippen MR) is 136 cm³/mol. The summed E-state index contributed by atoms with van der Waals surface area (Å²) in [4.78, 5) is 24.8. The summed E-state index contributed by atoms with van der Waals surface area (Å²) in [7, 11) is 0. The summed E-state index contributed by atoms with van der Waals surface area (Å²) in [5, 5.41) is 6.20. The van der Waals surface area contributed by atoms with E-state index >= 15 is 0 Å². The molecular weight excluding hydrogens is 520 g/mol. The molecule has 0 saturated heterocycles. The highest BCUT2D eigenvalue weighted by Crippen LogP contribution is 2.26. The summed E-state index contributed by atoms with van der Waals surface area (Å²) in [5.74, 6) is -0.167. The zero-order valence-corrected chi connectivity index (χ0v) is 20.0. The molecule has 0 fully saturated rings. The Labute approximate surface area is 209 Å². The van der Waals surface area contributed by atoms with E-state index in [2.05, 4.69) is 26.5 Å². The quantitative estimate of drug-likeness (QED) is 0.136. The summed E-state index contributed by atoms with van der Waals surface area (Å²) in [6.45, 7) is -0.210. The Bertz CT molecular complexity index is 1390. The van der Waals surface area contributed by atoms with Crippen LogP contribution < -0.4 is 14.9 Å². The van der Waals surface area contributed by atoms with Gasteiger partial charge in [-0.15, -0.1) is 0 Å². The first-order valence-corrected chi connectivity index (χ1v) is 11.4. The van der Waals surface area contributed by atoms with E-state index in [0.717, 1.165) is 15.2 Å². The maximum atomic E-state index is 12.5. The van der Waals surface area contributed by atoms with Crippen molar-refractivity contribution in [2.24, 2.45) is 5.10 Å². The standard InChI is InChI=1S/C26H18BrClN2O4/c27-19-12-13-23(34-26(32)21-9-3-4-10-22(21)28)18(14-19)15-29-30-25(31)16-33-24-11-5-7-17-6-1-2-8-20(17)24/h1-15H,16H2,(H,30,31)/b29-15+. The van der Waals surface area contributed by atoms with Crippen LogP contribution >= 0.6 is 27.5 Å². The fourth-order valence-electron chi connectivity index (χ4n) is 3.17. The fraction of sp³-hybridized carbons (Fsp3) is 0.0385. The molecule has 4 rings (SSSR count). The summed E-state index contributed by atoms with van der Waals surface area (Å²) in [5.41, 5.74) is 3.14. The van der Waals surface area contributed by atoms with Crippen molar-refractivity contribution < 1.29 is 19.1 Å². The fourth-order valence-corrected chi connectivity index (χ4v) is 3.76. The highest BCUT2D eigenvalue weighted by molar-refractivity contribution is 9.10. The van der Waals surface area contributed by atoms with E-state index in [1.54, 1.807) is 48.5 Å². The minimum absolute atomic E-state index is 0.210. The van der Waals surface area contributed by atoms with E-state index in [0.29, 0.717) is 16.3 Å². The van der Waals surface area contributed by atoms with Crippen molar-refractivity contribution in [2.75, 3.05) is 6.61 Å². The number of hydrogen-bond donors (Lipinski definition) is 1. The summed E-state index contributed by atoms with van der Waals surface area (Å²) < 4.78 is 11.9. The van der Waals surface area contributed by atoms with Crippen molar-refractivity contribution in [3.63, 3.8) is 0 Å². The second kappa shape index (κ2) is 11.0. The molecule has 0 atom stereocenters. The maximum absolute atomic E-state index is 12.5. The second-order valence-corrected chi connectivity index (χ2v) is 8.43. The highest BCUT2D eigenvalue weighted by atomic mass is 79.9. The molecule has 1 N–H and O–H groups in total. The van der Waals surface area contributed by atoms with E-state index in [1.807, 2.05) is 36.4 Å². The minimum atomic E-state index is -0.602.